The maximum Gasteiger partial charge on any atom is 0.409 e. The van der Waals surface area contributed by atoms with Gasteiger partial charge < -0.3 is 9.64 Å². The lowest BCUT2D eigenvalue weighted by molar-refractivity contribution is -0.124. The minimum Gasteiger partial charge on any atom is -0.449 e. The van der Waals surface area contributed by atoms with Crippen LogP contribution < -0.4 is 41.7 Å². The first-order valence-corrected chi connectivity index (χ1v) is 21.5. The number of rotatable bonds is 7. The molecule has 4 saturated heterocycles. The lowest BCUT2D eigenvalue weighted by atomic mass is 9.90. The molecule has 4 aliphatic heterocycles. The Hall–Kier alpha value is -6.77. The highest BCUT2D eigenvalue weighted by molar-refractivity contribution is 5.87. The smallest absolute Gasteiger partial charge is 0.409 e. The number of para-hydroxylation sites is 4. The molecule has 336 valence electrons. The summed E-state index contributed by atoms with van der Waals surface area (Å²) in [6.07, 6.45) is 0.528. The number of amides is 5. The van der Waals surface area contributed by atoms with Crippen LogP contribution in [0.25, 0.3) is 0 Å². The third-order valence-corrected chi connectivity index (χ3v) is 11.9. The van der Waals surface area contributed by atoms with E-state index in [0.717, 1.165) is 29.2 Å². The second kappa shape index (κ2) is 21.3. The lowest BCUT2D eigenvalue weighted by Crippen LogP contribution is -2.46. The van der Waals surface area contributed by atoms with Gasteiger partial charge in [0.15, 0.2) is 0 Å². The minimum absolute atomic E-state index is 0.00212. The topological polar surface area (TPSA) is 159 Å². The zero-order valence-corrected chi connectivity index (χ0v) is 37.8. The molecule has 6 unspecified atom stereocenters. The zero-order valence-electron chi connectivity index (χ0n) is 37.8. The number of hydrazine groups is 4. The summed E-state index contributed by atoms with van der Waals surface area (Å²) >= 11 is 0. The summed E-state index contributed by atoms with van der Waals surface area (Å²) in [7, 11) is 3.21. The van der Waals surface area contributed by atoms with Gasteiger partial charge in [-0.3, -0.25) is 60.9 Å². The number of benzene rings is 4. The van der Waals surface area contributed by atoms with Gasteiger partial charge in [0.05, 0.1) is 70.6 Å². The van der Waals surface area contributed by atoms with Crippen LogP contribution in [0, 0.1) is 23.7 Å². The van der Waals surface area contributed by atoms with Gasteiger partial charge >= 0.3 is 6.09 Å². The predicted molar refractivity (Wildman–Crippen MR) is 247 cm³/mol. The summed E-state index contributed by atoms with van der Waals surface area (Å²) in [6, 6.07) is 39.8. The summed E-state index contributed by atoms with van der Waals surface area (Å²) in [6.45, 7) is 14.8. The molecule has 0 bridgehead atoms. The molecule has 0 spiro atoms. The van der Waals surface area contributed by atoms with Gasteiger partial charge in [0, 0.05) is 14.1 Å². The van der Waals surface area contributed by atoms with Crippen LogP contribution in [0.1, 0.15) is 54.9 Å². The van der Waals surface area contributed by atoms with E-state index in [4.69, 9.17) is 4.74 Å². The number of nitrogens with zero attached hydrogens (tertiary/aromatic N) is 5. The fraction of sp³-hybridized carbons (Fsp3) is 0.396. The van der Waals surface area contributed by atoms with Crippen LogP contribution in [-0.2, 0) is 23.9 Å². The van der Waals surface area contributed by atoms with Gasteiger partial charge in [0.1, 0.15) is 6.61 Å². The van der Waals surface area contributed by atoms with Crippen molar-refractivity contribution in [2.24, 2.45) is 23.7 Å². The molecule has 0 saturated carbocycles. The first kappa shape index (κ1) is 47.3. The second-order valence-electron chi connectivity index (χ2n) is 16.8. The van der Waals surface area contributed by atoms with Crippen molar-refractivity contribution in [3.8, 4) is 0 Å². The molecule has 4 heterocycles. The number of ether oxygens (including phenoxy) is 1. The second-order valence-corrected chi connectivity index (χ2v) is 16.8. The number of carbonyl (C=O) groups is 5. The number of carbonyl (C=O) groups excluding carboxylic acids is 5. The Morgan fingerprint density at radius 3 is 1.52 bits per heavy atom. The summed E-state index contributed by atoms with van der Waals surface area (Å²) in [5.41, 5.74) is 15.3. The Balaban J connectivity index is 0.000000159. The van der Waals surface area contributed by atoms with E-state index in [9.17, 15) is 24.0 Å². The Morgan fingerprint density at radius 1 is 0.619 bits per heavy atom. The van der Waals surface area contributed by atoms with Crippen LogP contribution in [0.2, 0.25) is 0 Å². The van der Waals surface area contributed by atoms with E-state index in [0.29, 0.717) is 6.54 Å². The van der Waals surface area contributed by atoms with Crippen LogP contribution in [0.15, 0.2) is 121 Å². The summed E-state index contributed by atoms with van der Waals surface area (Å²) in [4.78, 5) is 59.0. The normalized spacial score (nSPS) is 23.1. The van der Waals surface area contributed by atoms with Crippen molar-refractivity contribution in [1.82, 2.24) is 26.6 Å². The molecule has 6 atom stereocenters. The number of hydrogen-bond acceptors (Lipinski definition) is 10. The van der Waals surface area contributed by atoms with Crippen molar-refractivity contribution in [1.29, 1.82) is 0 Å². The van der Waals surface area contributed by atoms with Gasteiger partial charge in [-0.25, -0.2) is 4.79 Å². The number of hydrogen-bond donors (Lipinski definition) is 4. The molecule has 4 N–H and O–H groups in total. The molecule has 4 aliphatic rings. The van der Waals surface area contributed by atoms with E-state index in [1.807, 2.05) is 157 Å². The largest absolute Gasteiger partial charge is 0.449 e. The average molecular weight is 862 g/mol. The molecular weight excluding hydrogens is 799 g/mol. The highest BCUT2D eigenvalue weighted by atomic mass is 16.6. The van der Waals surface area contributed by atoms with E-state index in [1.165, 1.54) is 4.90 Å². The molecule has 5 amide bonds. The molecule has 15 heteroatoms. The monoisotopic (exact) mass is 861 g/mol. The Kier molecular flexibility index (Phi) is 16.0. The van der Waals surface area contributed by atoms with Crippen molar-refractivity contribution in [2.45, 2.75) is 72.5 Å². The Morgan fingerprint density at radius 2 is 1.08 bits per heavy atom. The van der Waals surface area contributed by atoms with Crippen molar-refractivity contribution in [2.75, 3.05) is 47.3 Å². The van der Waals surface area contributed by atoms with Crippen molar-refractivity contribution < 1.29 is 28.7 Å². The molecule has 4 aromatic rings. The van der Waals surface area contributed by atoms with Gasteiger partial charge in [0.25, 0.3) is 0 Å². The predicted octanol–water partition coefficient (Wildman–Crippen LogP) is 6.32. The molecule has 0 aromatic heterocycles. The fourth-order valence-electron chi connectivity index (χ4n) is 7.36. The number of anilines is 4. The molecule has 0 aliphatic carbocycles. The summed E-state index contributed by atoms with van der Waals surface area (Å²) in [5.74, 6) is -0.0569. The molecule has 0 radical (unpaired) electrons. The van der Waals surface area contributed by atoms with Crippen LogP contribution in [0.3, 0.4) is 0 Å². The van der Waals surface area contributed by atoms with Crippen LogP contribution >= 0.6 is 0 Å². The number of nitrogens with one attached hydrogen (secondary N) is 4. The Labute approximate surface area is 371 Å². The van der Waals surface area contributed by atoms with E-state index in [-0.39, 0.29) is 71.5 Å². The van der Waals surface area contributed by atoms with E-state index < -0.39 is 6.09 Å². The average Bonchev–Trinajstić information content (AvgIpc) is 3.97. The quantitative estimate of drug-likeness (QED) is 0.166. The van der Waals surface area contributed by atoms with Crippen molar-refractivity contribution >= 4 is 52.5 Å². The summed E-state index contributed by atoms with van der Waals surface area (Å²) in [5, 5.41) is 7.61. The first-order valence-electron chi connectivity index (χ1n) is 21.5. The third-order valence-electron chi connectivity index (χ3n) is 11.9. The minimum atomic E-state index is -0.439. The summed E-state index contributed by atoms with van der Waals surface area (Å²) < 4.78 is 5.04. The molecular formula is C48H63N9O6. The van der Waals surface area contributed by atoms with Gasteiger partial charge in [-0.1, -0.05) is 100 Å². The molecule has 8 rings (SSSR count). The zero-order chi connectivity index (χ0) is 45.8. The molecule has 63 heavy (non-hydrogen) atoms. The maximum atomic E-state index is 11.8. The van der Waals surface area contributed by atoms with Crippen molar-refractivity contribution in [3.63, 3.8) is 0 Å². The van der Waals surface area contributed by atoms with E-state index in [2.05, 4.69) is 49.4 Å². The van der Waals surface area contributed by atoms with Gasteiger partial charge in [-0.15, -0.1) is 0 Å². The van der Waals surface area contributed by atoms with Gasteiger partial charge in [-0.05, 0) is 75.7 Å². The van der Waals surface area contributed by atoms with E-state index in [1.54, 1.807) is 19.1 Å². The first-order chi connectivity index (χ1) is 30.0. The molecule has 15 nitrogen and oxygen atoms in total. The Bertz CT molecular complexity index is 2130. The van der Waals surface area contributed by atoms with E-state index >= 15 is 0 Å². The van der Waals surface area contributed by atoms with Crippen LogP contribution in [0.4, 0.5) is 27.5 Å². The third kappa shape index (κ3) is 11.6. The highest BCUT2D eigenvalue weighted by Crippen LogP contribution is 2.33. The maximum absolute atomic E-state index is 11.8. The van der Waals surface area contributed by atoms with Crippen LogP contribution in [-0.4, -0.2) is 79.5 Å². The molecule has 4 fully saturated rings. The fourth-order valence-corrected chi connectivity index (χ4v) is 7.36. The molecule has 4 aromatic carbocycles. The van der Waals surface area contributed by atoms with Crippen LogP contribution in [0.5, 0.6) is 0 Å². The SMILES string of the molecule is CC1C(=O)NN(c2ccccc2)C1(C)C.CC1C(=O)NN(c2ccccc2)C1C.CCC1C(C)C(=O)NN1c1ccccc1.CN(C)C(=O)OCC1CN(c2ccccc2)NC1=O. The van der Waals surface area contributed by atoms with Gasteiger partial charge in [0.2, 0.25) is 23.6 Å². The highest BCUT2D eigenvalue weighted by Gasteiger charge is 2.44. The van der Waals surface area contributed by atoms with Gasteiger partial charge in [-0.2, -0.15) is 0 Å². The lowest BCUT2D eigenvalue weighted by Gasteiger charge is -2.33. The van der Waals surface area contributed by atoms with Crippen molar-refractivity contribution in [3.05, 3.63) is 121 Å². The standard InChI is InChI=1S/C13H17N3O3.2C12H16N2O.C11H14N2O/c1-15(2)13(18)19-9-10-8-16(14-12(10)17)11-6-4-3-5-7-11;1-9-11(15)13-14(12(9,2)3)10-7-5-4-6-8-10;1-3-11-9(2)12(15)13-14(11)10-7-5-4-6-8-10;1-8-9(2)13(12-11(8)14)10-6-4-3-5-7-10/h3-7,10H,8-9H2,1-2H3,(H,14,17);4-9H,1-3H3,(H,13,15);4-9,11H,3H2,1-2H3,(H,13,15);3-9H,1-2H3,(H,12,14).